The molecule has 0 aromatic heterocycles. The van der Waals surface area contributed by atoms with Crippen molar-refractivity contribution in [2.75, 3.05) is 12.4 Å². The summed E-state index contributed by atoms with van der Waals surface area (Å²) in [5.41, 5.74) is 3.89. The molecule has 1 unspecified atom stereocenters. The van der Waals surface area contributed by atoms with E-state index >= 15 is 0 Å². The topological polar surface area (TPSA) is 21.3 Å². The molecule has 0 fully saturated rings. The number of anilines is 1. The molecule has 112 valence electrons. The van der Waals surface area contributed by atoms with Crippen LogP contribution in [0, 0.1) is 0 Å². The third kappa shape index (κ3) is 4.25. The first-order valence-electron chi connectivity index (χ1n) is 7.71. The largest absolute Gasteiger partial charge is 0.496 e. The second-order valence-corrected chi connectivity index (χ2v) is 5.47. The lowest BCUT2D eigenvalue weighted by Gasteiger charge is -2.19. The molecule has 0 radical (unpaired) electrons. The minimum Gasteiger partial charge on any atom is -0.496 e. The highest BCUT2D eigenvalue weighted by molar-refractivity contribution is 5.52. The molecule has 0 spiro atoms. The van der Waals surface area contributed by atoms with E-state index in [0.717, 1.165) is 18.6 Å². The van der Waals surface area contributed by atoms with E-state index in [-0.39, 0.29) is 0 Å². The van der Waals surface area contributed by atoms with E-state index in [0.29, 0.717) is 6.04 Å². The number of aryl methyl sites for hydroxylation is 1. The summed E-state index contributed by atoms with van der Waals surface area (Å²) in [5.74, 6) is 0.966. The summed E-state index contributed by atoms with van der Waals surface area (Å²) in [6.07, 6.45) is 3.23. The molecule has 0 bridgehead atoms. The van der Waals surface area contributed by atoms with Gasteiger partial charge >= 0.3 is 0 Å². The first kappa shape index (κ1) is 15.4. The quantitative estimate of drug-likeness (QED) is 0.796. The number of para-hydroxylation sites is 2. The average Bonchev–Trinajstić information content (AvgIpc) is 2.50. The first-order chi connectivity index (χ1) is 10.2. The highest BCUT2D eigenvalue weighted by Gasteiger charge is 2.09. The van der Waals surface area contributed by atoms with Crippen LogP contribution in [-0.4, -0.2) is 13.2 Å². The van der Waals surface area contributed by atoms with Crippen molar-refractivity contribution in [3.8, 4) is 5.75 Å². The predicted molar refractivity (Wildman–Crippen MR) is 90.2 cm³/mol. The van der Waals surface area contributed by atoms with Crippen LogP contribution in [-0.2, 0) is 12.8 Å². The van der Waals surface area contributed by atoms with Crippen LogP contribution < -0.4 is 10.1 Å². The van der Waals surface area contributed by atoms with E-state index in [1.807, 2.05) is 12.1 Å². The van der Waals surface area contributed by atoms with Crippen LogP contribution in [0.15, 0.2) is 48.5 Å². The fourth-order valence-corrected chi connectivity index (χ4v) is 2.67. The first-order valence-corrected chi connectivity index (χ1v) is 7.71. The SMILES string of the molecule is CCCc1ccccc1NC(C)Cc1ccccc1OC. The summed E-state index contributed by atoms with van der Waals surface area (Å²) in [7, 11) is 1.73. The van der Waals surface area contributed by atoms with E-state index < -0.39 is 0 Å². The van der Waals surface area contributed by atoms with Crippen molar-refractivity contribution in [2.45, 2.75) is 39.2 Å². The Hall–Kier alpha value is -1.96. The number of methoxy groups -OCH3 is 1. The Morgan fingerprint density at radius 1 is 1.00 bits per heavy atom. The zero-order valence-corrected chi connectivity index (χ0v) is 13.2. The summed E-state index contributed by atoms with van der Waals surface area (Å²) >= 11 is 0. The molecule has 2 aromatic carbocycles. The molecule has 2 heteroatoms. The number of nitrogens with one attached hydrogen (secondary N) is 1. The molecule has 0 aliphatic carbocycles. The van der Waals surface area contributed by atoms with Crippen LogP contribution in [0.4, 0.5) is 5.69 Å². The van der Waals surface area contributed by atoms with Crippen molar-refractivity contribution in [2.24, 2.45) is 0 Å². The third-order valence-electron chi connectivity index (χ3n) is 3.66. The van der Waals surface area contributed by atoms with Crippen LogP contribution in [0.3, 0.4) is 0 Å². The van der Waals surface area contributed by atoms with Crippen molar-refractivity contribution >= 4 is 5.69 Å². The fraction of sp³-hybridized carbons (Fsp3) is 0.368. The van der Waals surface area contributed by atoms with Gasteiger partial charge in [-0.25, -0.2) is 0 Å². The third-order valence-corrected chi connectivity index (χ3v) is 3.66. The minimum absolute atomic E-state index is 0.360. The van der Waals surface area contributed by atoms with E-state index in [9.17, 15) is 0 Å². The van der Waals surface area contributed by atoms with Gasteiger partial charge in [-0.1, -0.05) is 49.7 Å². The predicted octanol–water partition coefficient (Wildman–Crippen LogP) is 4.69. The number of rotatable bonds is 7. The van der Waals surface area contributed by atoms with E-state index in [2.05, 4.69) is 55.6 Å². The van der Waals surface area contributed by atoms with Crippen molar-refractivity contribution in [1.82, 2.24) is 0 Å². The van der Waals surface area contributed by atoms with Gasteiger partial charge < -0.3 is 10.1 Å². The van der Waals surface area contributed by atoms with E-state index in [4.69, 9.17) is 4.74 Å². The number of hydrogen-bond donors (Lipinski definition) is 1. The zero-order valence-electron chi connectivity index (χ0n) is 13.2. The van der Waals surface area contributed by atoms with Crippen molar-refractivity contribution in [1.29, 1.82) is 0 Å². The molecule has 2 nitrogen and oxygen atoms in total. The van der Waals surface area contributed by atoms with Crippen LogP contribution in [0.5, 0.6) is 5.75 Å². The van der Waals surface area contributed by atoms with Gasteiger partial charge in [0, 0.05) is 11.7 Å². The Balaban J connectivity index is 2.06. The summed E-state index contributed by atoms with van der Waals surface area (Å²) in [6.45, 7) is 4.43. The highest BCUT2D eigenvalue weighted by Crippen LogP contribution is 2.22. The van der Waals surface area contributed by atoms with Crippen molar-refractivity contribution < 1.29 is 4.74 Å². The maximum absolute atomic E-state index is 5.43. The fourth-order valence-electron chi connectivity index (χ4n) is 2.67. The molecule has 0 amide bonds. The lowest BCUT2D eigenvalue weighted by atomic mass is 10.0. The van der Waals surface area contributed by atoms with Gasteiger partial charge in [-0.05, 0) is 43.0 Å². The highest BCUT2D eigenvalue weighted by atomic mass is 16.5. The molecule has 0 saturated heterocycles. The maximum Gasteiger partial charge on any atom is 0.122 e. The van der Waals surface area contributed by atoms with Gasteiger partial charge in [-0.15, -0.1) is 0 Å². The maximum atomic E-state index is 5.43. The molecular weight excluding hydrogens is 258 g/mol. The number of hydrogen-bond acceptors (Lipinski definition) is 2. The molecule has 2 rings (SSSR count). The van der Waals surface area contributed by atoms with Gasteiger partial charge in [0.25, 0.3) is 0 Å². The summed E-state index contributed by atoms with van der Waals surface area (Å²) in [6, 6.07) is 17.2. The molecule has 1 atom stereocenters. The molecule has 0 aliphatic heterocycles. The van der Waals surface area contributed by atoms with Crippen LogP contribution in [0.25, 0.3) is 0 Å². The smallest absolute Gasteiger partial charge is 0.122 e. The molecule has 1 N–H and O–H groups in total. The van der Waals surface area contributed by atoms with Gasteiger partial charge in [0.15, 0.2) is 0 Å². The second kappa shape index (κ2) is 7.72. The van der Waals surface area contributed by atoms with Gasteiger partial charge in [0.2, 0.25) is 0 Å². The van der Waals surface area contributed by atoms with Crippen LogP contribution in [0.2, 0.25) is 0 Å². The monoisotopic (exact) mass is 283 g/mol. The van der Waals surface area contributed by atoms with Gasteiger partial charge in [0.05, 0.1) is 7.11 Å². The van der Waals surface area contributed by atoms with Crippen molar-refractivity contribution in [3.05, 3.63) is 59.7 Å². The van der Waals surface area contributed by atoms with E-state index in [1.165, 1.54) is 23.2 Å². The summed E-state index contributed by atoms with van der Waals surface area (Å²) in [4.78, 5) is 0. The normalized spacial score (nSPS) is 12.0. The number of benzene rings is 2. The van der Waals surface area contributed by atoms with Gasteiger partial charge in [-0.3, -0.25) is 0 Å². The van der Waals surface area contributed by atoms with Gasteiger partial charge in [0.1, 0.15) is 5.75 Å². The average molecular weight is 283 g/mol. The minimum atomic E-state index is 0.360. The molecule has 21 heavy (non-hydrogen) atoms. The lowest BCUT2D eigenvalue weighted by molar-refractivity contribution is 0.409. The lowest BCUT2D eigenvalue weighted by Crippen LogP contribution is -2.19. The standard InChI is InChI=1S/C19H25NO/c1-4-9-16-10-5-7-12-18(16)20-15(2)14-17-11-6-8-13-19(17)21-3/h5-8,10-13,15,20H,4,9,14H2,1-3H3. The van der Waals surface area contributed by atoms with Crippen molar-refractivity contribution in [3.63, 3.8) is 0 Å². The molecule has 0 heterocycles. The number of ether oxygens (including phenoxy) is 1. The Morgan fingerprint density at radius 2 is 1.67 bits per heavy atom. The molecule has 2 aromatic rings. The molecule has 0 saturated carbocycles. The second-order valence-electron chi connectivity index (χ2n) is 5.47. The van der Waals surface area contributed by atoms with Crippen LogP contribution >= 0.6 is 0 Å². The van der Waals surface area contributed by atoms with E-state index in [1.54, 1.807) is 7.11 Å². The zero-order chi connectivity index (χ0) is 15.1. The Morgan fingerprint density at radius 3 is 2.38 bits per heavy atom. The van der Waals surface area contributed by atoms with Crippen LogP contribution in [0.1, 0.15) is 31.4 Å². The van der Waals surface area contributed by atoms with Gasteiger partial charge in [-0.2, -0.15) is 0 Å². The molecular formula is C19H25NO. The Bertz CT molecular complexity index is 565. The molecule has 0 aliphatic rings. The Kier molecular flexibility index (Phi) is 5.68. The summed E-state index contributed by atoms with van der Waals surface area (Å²) in [5, 5.41) is 3.64. The summed E-state index contributed by atoms with van der Waals surface area (Å²) < 4.78 is 5.43. The Labute approximate surface area is 128 Å².